The summed E-state index contributed by atoms with van der Waals surface area (Å²) in [6.07, 6.45) is 0.788. The Morgan fingerprint density at radius 1 is 0.896 bits per heavy atom. The Bertz CT molecular complexity index is 2200. The number of benzene rings is 4. The van der Waals surface area contributed by atoms with E-state index in [4.69, 9.17) is 4.74 Å². The summed E-state index contributed by atoms with van der Waals surface area (Å²) in [7, 11) is 0. The van der Waals surface area contributed by atoms with E-state index < -0.39 is 5.92 Å². The molecule has 2 saturated carbocycles. The van der Waals surface area contributed by atoms with Crippen molar-refractivity contribution in [3.8, 4) is 5.75 Å². The minimum Gasteiger partial charge on any atom is -0.483 e. The van der Waals surface area contributed by atoms with Crippen LogP contribution in [0.25, 0.3) is 10.8 Å². The van der Waals surface area contributed by atoms with Gasteiger partial charge in [-0.05, 0) is 77.4 Å². The average Bonchev–Trinajstić information content (AvgIpc) is 3.83. The van der Waals surface area contributed by atoms with Crippen molar-refractivity contribution < 1.29 is 19.1 Å². The predicted molar refractivity (Wildman–Crippen MR) is 190 cm³/mol. The summed E-state index contributed by atoms with van der Waals surface area (Å²) in [6, 6.07) is 28.7. The number of hydrogen-bond acceptors (Lipinski definition) is 7. The van der Waals surface area contributed by atoms with Crippen molar-refractivity contribution in [3.63, 3.8) is 0 Å². The normalized spacial score (nSPS) is 26.8. The zero-order valence-corrected chi connectivity index (χ0v) is 28.5. The second-order valence-electron chi connectivity index (χ2n) is 12.9. The first kappa shape index (κ1) is 29.9. The summed E-state index contributed by atoms with van der Waals surface area (Å²) >= 11 is 6.29. The largest absolute Gasteiger partial charge is 0.483 e. The number of H-pyrrole nitrogens is 1. The van der Waals surface area contributed by atoms with Crippen molar-refractivity contribution in [1.82, 2.24) is 4.98 Å². The SMILES string of the molecule is O=C(COc1ccccc1[C@H]1c2sc(=O)[nH]c2SC2C3CC(C4C(=O)N(c5ccc(Br)cc5)C(=O)C34)C21)Nc1ccc2ccccc2c1. The highest BCUT2D eigenvalue weighted by Gasteiger charge is 2.69. The van der Waals surface area contributed by atoms with E-state index in [9.17, 15) is 19.2 Å². The van der Waals surface area contributed by atoms with Crippen molar-refractivity contribution in [2.45, 2.75) is 22.6 Å². The van der Waals surface area contributed by atoms with Crippen LogP contribution in [-0.4, -0.2) is 34.6 Å². The molecule has 240 valence electrons. The molecule has 3 heterocycles. The molecule has 2 aliphatic carbocycles. The van der Waals surface area contributed by atoms with Gasteiger partial charge in [0.05, 0.1) is 22.5 Å². The molecule has 1 saturated heterocycles. The van der Waals surface area contributed by atoms with E-state index in [0.717, 1.165) is 37.1 Å². The van der Waals surface area contributed by atoms with E-state index >= 15 is 0 Å². The summed E-state index contributed by atoms with van der Waals surface area (Å²) in [6.45, 7) is -0.193. The van der Waals surface area contributed by atoms with Gasteiger partial charge >= 0.3 is 4.87 Å². The molecule has 2 bridgehead atoms. The Kier molecular flexibility index (Phi) is 7.14. The number of thioether (sulfide) groups is 1. The summed E-state index contributed by atoms with van der Waals surface area (Å²) in [5.41, 5.74) is 2.17. The van der Waals surface area contributed by atoms with Gasteiger partial charge in [0.25, 0.3) is 5.91 Å². The zero-order valence-electron chi connectivity index (χ0n) is 25.3. The summed E-state index contributed by atoms with van der Waals surface area (Å²) < 4.78 is 7.11. The number of aromatic amines is 1. The molecule has 9 rings (SSSR count). The maximum Gasteiger partial charge on any atom is 0.305 e. The number of carbonyl (C=O) groups excluding carboxylic acids is 3. The molecule has 7 atom stereocenters. The highest BCUT2D eigenvalue weighted by molar-refractivity contribution is 9.10. The van der Waals surface area contributed by atoms with Crippen molar-refractivity contribution in [2.24, 2.45) is 29.6 Å². The fraction of sp³-hybridized carbons (Fsp3) is 0.243. The predicted octanol–water partition coefficient (Wildman–Crippen LogP) is 7.05. The number of nitrogens with one attached hydrogen (secondary N) is 2. The Morgan fingerprint density at radius 2 is 1.62 bits per heavy atom. The number of thiazole rings is 1. The molecule has 8 nitrogen and oxygen atoms in total. The van der Waals surface area contributed by atoms with Crippen LogP contribution in [0.1, 0.15) is 22.8 Å². The molecular weight excluding hydrogens is 710 g/mol. The Morgan fingerprint density at radius 3 is 2.44 bits per heavy atom. The van der Waals surface area contributed by atoms with Crippen LogP contribution in [0.4, 0.5) is 11.4 Å². The number of rotatable bonds is 6. The van der Waals surface area contributed by atoms with Crippen molar-refractivity contribution in [3.05, 3.63) is 116 Å². The minimum atomic E-state index is -0.409. The van der Waals surface area contributed by atoms with Gasteiger partial charge in [0, 0.05) is 31.8 Å². The lowest BCUT2D eigenvalue weighted by Gasteiger charge is -2.43. The lowest BCUT2D eigenvalue weighted by atomic mass is 9.68. The summed E-state index contributed by atoms with van der Waals surface area (Å²) in [5.74, 6) is -1.00. The van der Waals surface area contributed by atoms with Crippen LogP contribution < -0.4 is 19.8 Å². The molecule has 0 spiro atoms. The van der Waals surface area contributed by atoms with E-state index in [1.807, 2.05) is 78.9 Å². The molecule has 2 N–H and O–H groups in total. The van der Waals surface area contributed by atoms with Crippen LogP contribution >= 0.6 is 39.0 Å². The number of fused-ring (bicyclic) bond motifs is 10. The van der Waals surface area contributed by atoms with E-state index in [1.54, 1.807) is 23.9 Å². The van der Waals surface area contributed by atoms with E-state index in [1.165, 1.54) is 16.2 Å². The van der Waals surface area contributed by atoms with Crippen LogP contribution in [0.5, 0.6) is 5.75 Å². The smallest absolute Gasteiger partial charge is 0.305 e. The van der Waals surface area contributed by atoms with Gasteiger partial charge in [-0.15, -0.1) is 11.8 Å². The molecule has 11 heteroatoms. The number of imide groups is 1. The number of para-hydroxylation sites is 1. The number of carbonyl (C=O) groups is 3. The average molecular weight is 739 g/mol. The van der Waals surface area contributed by atoms with E-state index in [0.29, 0.717) is 17.1 Å². The third kappa shape index (κ3) is 4.69. The fourth-order valence-electron chi connectivity index (χ4n) is 8.69. The van der Waals surface area contributed by atoms with Gasteiger partial charge in [0.2, 0.25) is 11.8 Å². The number of aromatic nitrogens is 1. The number of nitrogens with zero attached hydrogens (tertiary/aromatic N) is 1. The molecular formula is C37H28BrN3O5S2. The standard InChI is InChI=1S/C37H28BrN3O5S2/c38-20-10-13-22(14-11-20)41-35(43)30-24-16-25(31(30)36(41)44)32-29(24)28(33-34(47-32)40-37(45)48-33)23-7-3-4-8-26(23)46-17-27(42)39-21-12-9-18-5-1-2-6-19(18)15-21/h1-15,24-25,28-32H,16-17H2,(H,39,42)(H,40,45)/t24?,25?,28-,29?,30?,31?,32?/m1/s1. The Labute approximate surface area is 292 Å². The van der Waals surface area contributed by atoms with Gasteiger partial charge in [-0.2, -0.15) is 0 Å². The van der Waals surface area contributed by atoms with Crippen molar-refractivity contribution >= 4 is 78.9 Å². The number of anilines is 2. The molecule has 1 aromatic heterocycles. The van der Waals surface area contributed by atoms with Crippen LogP contribution in [0.2, 0.25) is 0 Å². The van der Waals surface area contributed by atoms with Crippen molar-refractivity contribution in [1.29, 1.82) is 0 Å². The second kappa shape index (κ2) is 11.5. The third-order valence-electron chi connectivity index (χ3n) is 10.5. The number of amides is 3. The first-order valence-electron chi connectivity index (χ1n) is 15.9. The second-order valence-corrected chi connectivity index (χ2v) is 16.0. The maximum atomic E-state index is 14.1. The van der Waals surface area contributed by atoms with Gasteiger partial charge in [-0.3, -0.25) is 24.1 Å². The molecule has 0 radical (unpaired) electrons. The summed E-state index contributed by atoms with van der Waals surface area (Å²) in [5, 5.41) is 5.94. The van der Waals surface area contributed by atoms with Crippen LogP contribution in [0.3, 0.4) is 0 Å². The quantitative estimate of drug-likeness (QED) is 0.181. The monoisotopic (exact) mass is 737 g/mol. The molecule has 4 aliphatic rings. The van der Waals surface area contributed by atoms with Crippen LogP contribution in [0, 0.1) is 29.6 Å². The third-order valence-corrected chi connectivity index (χ3v) is 13.6. The van der Waals surface area contributed by atoms with Gasteiger partial charge in [0.15, 0.2) is 6.61 Å². The van der Waals surface area contributed by atoms with Gasteiger partial charge in [-0.25, -0.2) is 0 Å². The van der Waals surface area contributed by atoms with Gasteiger partial charge < -0.3 is 15.0 Å². The zero-order chi connectivity index (χ0) is 32.7. The topological polar surface area (TPSA) is 109 Å². The lowest BCUT2D eigenvalue weighted by molar-refractivity contribution is -0.123. The molecule has 6 unspecified atom stereocenters. The van der Waals surface area contributed by atoms with Gasteiger partial charge in [0.1, 0.15) is 5.75 Å². The first-order valence-corrected chi connectivity index (χ1v) is 18.4. The number of halogens is 1. The molecule has 3 amide bonds. The minimum absolute atomic E-state index is 0.00626. The highest BCUT2D eigenvalue weighted by atomic mass is 79.9. The van der Waals surface area contributed by atoms with Crippen molar-refractivity contribution in [2.75, 3.05) is 16.8 Å². The Hall–Kier alpha value is -4.19. The fourth-order valence-corrected chi connectivity index (χ4v) is 11.8. The van der Waals surface area contributed by atoms with E-state index in [2.05, 4.69) is 26.2 Å². The van der Waals surface area contributed by atoms with Crippen LogP contribution in [-0.2, 0) is 14.4 Å². The molecule has 2 aliphatic heterocycles. The molecule has 5 aromatic rings. The van der Waals surface area contributed by atoms with E-state index in [-0.39, 0.29) is 64.0 Å². The first-order chi connectivity index (χ1) is 23.4. The molecule has 4 aromatic carbocycles. The number of hydrogen-bond donors (Lipinski definition) is 2. The lowest BCUT2D eigenvalue weighted by Crippen LogP contribution is -2.42. The van der Waals surface area contributed by atoms with Crippen LogP contribution in [0.15, 0.2) is 105 Å². The number of ether oxygens (including phenoxy) is 1. The Balaban J connectivity index is 1.02. The highest BCUT2D eigenvalue weighted by Crippen LogP contribution is 2.69. The summed E-state index contributed by atoms with van der Waals surface area (Å²) in [4.78, 5) is 59.1. The molecule has 3 fully saturated rings. The van der Waals surface area contributed by atoms with Gasteiger partial charge in [-0.1, -0.05) is 75.8 Å². The maximum absolute atomic E-state index is 14.1. The molecule has 48 heavy (non-hydrogen) atoms.